The number of benzene rings is 2. The van der Waals surface area contributed by atoms with E-state index in [1.165, 1.54) is 0 Å². The van der Waals surface area contributed by atoms with Crippen LogP contribution in [0.1, 0.15) is 21.0 Å². The lowest BCUT2D eigenvalue weighted by Crippen LogP contribution is -2.08. The van der Waals surface area contributed by atoms with Gasteiger partial charge in [-0.05, 0) is 42.8 Å². The number of hydrogen-bond acceptors (Lipinski definition) is 5. The molecular formula is C22H14Cl2O4S. The van der Waals surface area contributed by atoms with E-state index in [2.05, 4.69) is 0 Å². The zero-order valence-electron chi connectivity index (χ0n) is 15.2. The fraction of sp³-hybridized carbons (Fsp3) is 0.0909. The Morgan fingerprint density at radius 2 is 1.90 bits per heavy atom. The Balaban J connectivity index is 1.65. The molecule has 2 aromatic heterocycles. The molecule has 7 heteroatoms. The zero-order chi connectivity index (χ0) is 20.5. The predicted octanol–water partition coefficient (Wildman–Crippen LogP) is 6.49. The number of fused-ring (bicyclic) bond motifs is 1. The second-order valence-corrected chi connectivity index (χ2v) is 8.47. The van der Waals surface area contributed by atoms with Gasteiger partial charge in [0.15, 0.2) is 0 Å². The molecule has 4 rings (SSSR count). The third-order valence-corrected chi connectivity index (χ3v) is 5.96. The van der Waals surface area contributed by atoms with Crippen LogP contribution >= 0.6 is 34.5 Å². The number of halogens is 2. The molecule has 4 nitrogen and oxygen atoms in total. The van der Waals surface area contributed by atoms with Crippen LogP contribution < -0.4 is 5.43 Å². The Morgan fingerprint density at radius 3 is 2.62 bits per heavy atom. The Hall–Kier alpha value is -2.60. The van der Waals surface area contributed by atoms with Crippen LogP contribution in [0.4, 0.5) is 0 Å². The molecule has 0 N–H and O–H groups in total. The van der Waals surface area contributed by atoms with E-state index in [0.29, 0.717) is 47.7 Å². The highest BCUT2D eigenvalue weighted by Gasteiger charge is 2.16. The van der Waals surface area contributed by atoms with Crippen LogP contribution in [0.2, 0.25) is 9.36 Å². The molecule has 0 amide bonds. The average molecular weight is 445 g/mol. The summed E-state index contributed by atoms with van der Waals surface area (Å²) in [6.45, 7) is 1.78. The minimum Gasteiger partial charge on any atom is -0.460 e. The van der Waals surface area contributed by atoms with Gasteiger partial charge in [-0.2, -0.15) is 0 Å². The molecule has 0 aliphatic rings. The lowest BCUT2D eigenvalue weighted by molar-refractivity contribution is 0.0478. The molecule has 29 heavy (non-hydrogen) atoms. The topological polar surface area (TPSA) is 56.5 Å². The van der Waals surface area contributed by atoms with Crippen molar-refractivity contribution in [3.8, 4) is 11.1 Å². The van der Waals surface area contributed by atoms with Crippen molar-refractivity contribution in [2.45, 2.75) is 13.5 Å². The molecule has 0 bridgehead atoms. The van der Waals surface area contributed by atoms with Crippen LogP contribution in [-0.4, -0.2) is 5.97 Å². The zero-order valence-corrected chi connectivity index (χ0v) is 17.5. The van der Waals surface area contributed by atoms with E-state index < -0.39 is 5.97 Å². The number of carbonyl (C=O) groups excluding carboxylic acids is 1. The van der Waals surface area contributed by atoms with Crippen molar-refractivity contribution in [1.29, 1.82) is 0 Å². The molecule has 146 valence electrons. The van der Waals surface area contributed by atoms with Crippen LogP contribution in [0.15, 0.2) is 63.8 Å². The van der Waals surface area contributed by atoms with Crippen LogP contribution in [0, 0.1) is 6.92 Å². The lowest BCUT2D eigenvalue weighted by Gasteiger charge is -2.10. The minimum atomic E-state index is -0.450. The van der Waals surface area contributed by atoms with Gasteiger partial charge in [0.05, 0.1) is 15.3 Å². The largest absolute Gasteiger partial charge is 0.460 e. The number of aryl methyl sites for hydroxylation is 1. The number of hydrogen-bond donors (Lipinski definition) is 0. The number of ether oxygens (including phenoxy) is 1. The van der Waals surface area contributed by atoms with E-state index in [1.54, 1.807) is 49.4 Å². The van der Waals surface area contributed by atoms with Crippen LogP contribution in [0.5, 0.6) is 0 Å². The van der Waals surface area contributed by atoms with Gasteiger partial charge in [0, 0.05) is 10.6 Å². The highest BCUT2D eigenvalue weighted by molar-refractivity contribution is 7.17. The number of thiophene rings is 1. The van der Waals surface area contributed by atoms with E-state index in [1.807, 2.05) is 12.1 Å². The average Bonchev–Trinajstić information content (AvgIpc) is 3.14. The lowest BCUT2D eigenvalue weighted by atomic mass is 10.0. The van der Waals surface area contributed by atoms with Crippen molar-refractivity contribution >= 4 is 51.5 Å². The van der Waals surface area contributed by atoms with Crippen molar-refractivity contribution in [1.82, 2.24) is 0 Å². The third-order valence-electron chi connectivity index (χ3n) is 4.42. The first kappa shape index (κ1) is 19.7. The van der Waals surface area contributed by atoms with Gasteiger partial charge in [0.1, 0.15) is 22.8 Å². The third kappa shape index (κ3) is 3.94. The molecular weight excluding hydrogens is 431 g/mol. The first-order valence-electron chi connectivity index (χ1n) is 8.68. The quantitative estimate of drug-likeness (QED) is 0.337. The maximum absolute atomic E-state index is 13.1. The van der Waals surface area contributed by atoms with Gasteiger partial charge in [-0.15, -0.1) is 11.3 Å². The fourth-order valence-electron chi connectivity index (χ4n) is 3.06. The van der Waals surface area contributed by atoms with Crippen molar-refractivity contribution in [3.63, 3.8) is 0 Å². The number of rotatable bonds is 4. The van der Waals surface area contributed by atoms with E-state index >= 15 is 0 Å². The smallest absolute Gasteiger partial charge is 0.348 e. The Morgan fingerprint density at radius 1 is 1.10 bits per heavy atom. The molecule has 0 atom stereocenters. The van der Waals surface area contributed by atoms with Gasteiger partial charge in [-0.1, -0.05) is 47.5 Å². The van der Waals surface area contributed by atoms with Crippen LogP contribution in [0.3, 0.4) is 0 Å². The molecule has 2 heterocycles. The summed E-state index contributed by atoms with van der Waals surface area (Å²) in [5.74, 6) is 0.0201. The highest BCUT2D eigenvalue weighted by atomic mass is 35.5. The van der Waals surface area contributed by atoms with Gasteiger partial charge < -0.3 is 9.15 Å². The highest BCUT2D eigenvalue weighted by Crippen LogP contribution is 2.30. The van der Waals surface area contributed by atoms with E-state index in [9.17, 15) is 9.59 Å². The van der Waals surface area contributed by atoms with Crippen LogP contribution in [-0.2, 0) is 11.3 Å². The second kappa shape index (κ2) is 8.03. The molecule has 0 aliphatic carbocycles. The summed E-state index contributed by atoms with van der Waals surface area (Å²) in [5.41, 5.74) is 2.05. The molecule has 0 saturated carbocycles. The standard InChI is InChI=1S/C22H14Cl2O4S/c1-12-20(14-4-2-3-5-16(14)23)21(25)15-7-6-13(10-17(15)28-12)11-27-22(26)18-8-9-19(24)29-18/h2-10H,11H2,1H3. The summed E-state index contributed by atoms with van der Waals surface area (Å²) >= 11 is 13.3. The van der Waals surface area contributed by atoms with Crippen molar-refractivity contribution in [2.75, 3.05) is 0 Å². The maximum atomic E-state index is 13.1. The van der Waals surface area contributed by atoms with Crippen molar-refractivity contribution < 1.29 is 13.9 Å². The van der Waals surface area contributed by atoms with Gasteiger partial charge in [-0.3, -0.25) is 4.79 Å². The predicted molar refractivity (Wildman–Crippen MR) is 116 cm³/mol. The molecule has 0 aliphatic heterocycles. The SMILES string of the molecule is Cc1oc2cc(COC(=O)c3ccc(Cl)s3)ccc2c(=O)c1-c1ccccc1Cl. The molecule has 0 radical (unpaired) electrons. The molecule has 0 fully saturated rings. The van der Waals surface area contributed by atoms with E-state index in [4.69, 9.17) is 32.4 Å². The minimum absolute atomic E-state index is 0.0549. The van der Waals surface area contributed by atoms with Gasteiger partial charge in [0.25, 0.3) is 0 Å². The maximum Gasteiger partial charge on any atom is 0.348 e. The fourth-order valence-corrected chi connectivity index (χ4v) is 4.23. The summed E-state index contributed by atoms with van der Waals surface area (Å²) in [6.07, 6.45) is 0. The molecule has 0 spiro atoms. The van der Waals surface area contributed by atoms with Crippen molar-refractivity contribution in [2.24, 2.45) is 0 Å². The summed E-state index contributed by atoms with van der Waals surface area (Å²) in [5, 5.41) is 0.921. The number of esters is 1. The Bertz CT molecular complexity index is 1290. The molecule has 4 aromatic rings. The number of carbonyl (C=O) groups is 1. The van der Waals surface area contributed by atoms with Gasteiger partial charge in [-0.25, -0.2) is 4.79 Å². The normalized spacial score (nSPS) is 11.0. The Kier molecular flexibility index (Phi) is 5.46. The molecule has 2 aromatic carbocycles. The summed E-state index contributed by atoms with van der Waals surface area (Å²) in [4.78, 5) is 25.6. The van der Waals surface area contributed by atoms with Gasteiger partial charge in [0.2, 0.25) is 5.43 Å². The van der Waals surface area contributed by atoms with E-state index in [-0.39, 0.29) is 12.0 Å². The van der Waals surface area contributed by atoms with Crippen molar-refractivity contribution in [3.05, 3.63) is 90.4 Å². The molecule has 0 saturated heterocycles. The van der Waals surface area contributed by atoms with E-state index in [0.717, 1.165) is 11.3 Å². The first-order chi connectivity index (χ1) is 13.9. The summed E-state index contributed by atoms with van der Waals surface area (Å²) in [7, 11) is 0. The monoisotopic (exact) mass is 444 g/mol. The summed E-state index contributed by atoms with van der Waals surface area (Å²) < 4.78 is 11.7. The van der Waals surface area contributed by atoms with Crippen LogP contribution in [0.25, 0.3) is 22.1 Å². The second-order valence-electron chi connectivity index (χ2n) is 6.35. The Labute approximate surface area is 180 Å². The van der Waals surface area contributed by atoms with Gasteiger partial charge >= 0.3 is 5.97 Å². The summed E-state index contributed by atoms with van der Waals surface area (Å²) in [6, 6.07) is 15.5. The molecule has 0 unspecified atom stereocenters. The first-order valence-corrected chi connectivity index (χ1v) is 10.2.